The van der Waals surface area contributed by atoms with Crippen LogP contribution < -0.4 is 10.1 Å². The summed E-state index contributed by atoms with van der Waals surface area (Å²) in [5.41, 5.74) is 2.84. The first-order valence-corrected chi connectivity index (χ1v) is 8.96. The van der Waals surface area contributed by atoms with Gasteiger partial charge in [-0.25, -0.2) is 4.79 Å². The summed E-state index contributed by atoms with van der Waals surface area (Å²) in [4.78, 5) is 23.9. The molecule has 0 unspecified atom stereocenters. The van der Waals surface area contributed by atoms with Crippen molar-refractivity contribution >= 4 is 17.6 Å². The number of carbonyl (C=O) groups excluding carboxylic acids is 2. The lowest BCUT2D eigenvalue weighted by Crippen LogP contribution is -2.24. The van der Waals surface area contributed by atoms with Crippen molar-refractivity contribution in [3.63, 3.8) is 0 Å². The number of rotatable bonds is 8. The van der Waals surface area contributed by atoms with E-state index in [1.54, 1.807) is 24.3 Å². The highest BCUT2D eigenvalue weighted by atomic mass is 16.6. The Labute approximate surface area is 163 Å². The molecule has 0 saturated heterocycles. The monoisotopic (exact) mass is 375 g/mol. The van der Waals surface area contributed by atoms with Crippen LogP contribution in [0, 0.1) is 0 Å². The van der Waals surface area contributed by atoms with Crippen LogP contribution in [0.2, 0.25) is 0 Å². The van der Waals surface area contributed by atoms with E-state index in [2.05, 4.69) is 5.32 Å². The summed E-state index contributed by atoms with van der Waals surface area (Å²) in [7, 11) is 0. The maximum Gasteiger partial charge on any atom is 0.344 e. The van der Waals surface area contributed by atoms with Gasteiger partial charge in [-0.3, -0.25) is 4.79 Å². The molecule has 0 aliphatic heterocycles. The Hall–Kier alpha value is -3.60. The summed E-state index contributed by atoms with van der Waals surface area (Å²) in [6.45, 7) is -0.613. The fraction of sp³-hybridized carbons (Fsp3) is 0.130. The van der Waals surface area contributed by atoms with Crippen molar-refractivity contribution < 1.29 is 19.1 Å². The van der Waals surface area contributed by atoms with Crippen LogP contribution in [0.4, 0.5) is 5.69 Å². The number of carbonyl (C=O) groups is 2. The van der Waals surface area contributed by atoms with Gasteiger partial charge in [0.25, 0.3) is 5.91 Å². The van der Waals surface area contributed by atoms with E-state index in [0.29, 0.717) is 17.9 Å². The fourth-order valence-corrected chi connectivity index (χ4v) is 2.65. The topological polar surface area (TPSA) is 64.6 Å². The zero-order valence-corrected chi connectivity index (χ0v) is 15.3. The lowest BCUT2D eigenvalue weighted by atomic mass is 10.0. The average molecular weight is 375 g/mol. The van der Waals surface area contributed by atoms with Crippen LogP contribution in [-0.4, -0.2) is 25.1 Å². The standard InChI is InChI=1S/C23H21NO4/c25-22(16-28-23(26)17-27-20-12-5-2-6-13-20)24-21-14-8-7-11-19(21)15-18-9-3-1-4-10-18/h1-14H,15-17H2,(H,24,25). The molecule has 0 atom stereocenters. The minimum absolute atomic E-state index is 0.248. The first kappa shape index (κ1) is 19.2. The van der Waals surface area contributed by atoms with Gasteiger partial charge in [-0.05, 0) is 35.7 Å². The summed E-state index contributed by atoms with van der Waals surface area (Å²) in [6, 6.07) is 26.5. The molecule has 3 rings (SSSR count). The van der Waals surface area contributed by atoms with Crippen LogP contribution in [0.1, 0.15) is 11.1 Å². The molecule has 0 radical (unpaired) electrons. The van der Waals surface area contributed by atoms with Gasteiger partial charge in [-0.1, -0.05) is 66.7 Å². The third kappa shape index (κ3) is 5.99. The lowest BCUT2D eigenvalue weighted by molar-refractivity contribution is -0.149. The van der Waals surface area contributed by atoms with Crippen molar-refractivity contribution in [2.45, 2.75) is 6.42 Å². The van der Waals surface area contributed by atoms with Gasteiger partial charge in [0.2, 0.25) is 0 Å². The smallest absolute Gasteiger partial charge is 0.344 e. The molecule has 5 heteroatoms. The second-order valence-electron chi connectivity index (χ2n) is 6.13. The molecule has 0 aromatic heterocycles. The maximum atomic E-state index is 12.2. The molecule has 1 amide bonds. The molecule has 0 bridgehead atoms. The molecular formula is C23H21NO4. The minimum atomic E-state index is -0.600. The molecule has 0 saturated carbocycles. The van der Waals surface area contributed by atoms with Crippen molar-refractivity contribution in [2.24, 2.45) is 0 Å². The van der Waals surface area contributed by atoms with E-state index < -0.39 is 11.9 Å². The van der Waals surface area contributed by atoms with Crippen LogP contribution in [0.15, 0.2) is 84.9 Å². The number of nitrogens with one attached hydrogen (secondary N) is 1. The van der Waals surface area contributed by atoms with E-state index in [-0.39, 0.29) is 13.2 Å². The number of esters is 1. The zero-order chi connectivity index (χ0) is 19.6. The van der Waals surface area contributed by atoms with E-state index in [9.17, 15) is 9.59 Å². The normalized spacial score (nSPS) is 10.1. The molecular weight excluding hydrogens is 354 g/mol. The highest BCUT2D eigenvalue weighted by Crippen LogP contribution is 2.19. The molecule has 3 aromatic carbocycles. The van der Waals surface area contributed by atoms with Gasteiger partial charge in [0.15, 0.2) is 13.2 Å². The Balaban J connectivity index is 1.49. The highest BCUT2D eigenvalue weighted by molar-refractivity contribution is 5.93. The zero-order valence-electron chi connectivity index (χ0n) is 15.3. The molecule has 142 valence electrons. The Morgan fingerprint density at radius 2 is 1.39 bits per heavy atom. The summed E-state index contributed by atoms with van der Waals surface area (Å²) in [6.07, 6.45) is 0.696. The summed E-state index contributed by atoms with van der Waals surface area (Å²) in [5.74, 6) is -0.427. The maximum absolute atomic E-state index is 12.2. The lowest BCUT2D eigenvalue weighted by Gasteiger charge is -2.12. The van der Waals surface area contributed by atoms with E-state index in [0.717, 1.165) is 11.1 Å². The molecule has 0 heterocycles. The fourth-order valence-electron chi connectivity index (χ4n) is 2.65. The number of amides is 1. The first-order chi connectivity index (χ1) is 13.7. The molecule has 1 N–H and O–H groups in total. The SMILES string of the molecule is O=C(COC(=O)COc1ccccc1)Nc1ccccc1Cc1ccccc1. The van der Waals surface area contributed by atoms with Crippen LogP contribution in [0.3, 0.4) is 0 Å². The van der Waals surface area contributed by atoms with Gasteiger partial charge in [-0.15, -0.1) is 0 Å². The number of ether oxygens (including phenoxy) is 2. The molecule has 0 spiro atoms. The van der Waals surface area contributed by atoms with Crippen molar-refractivity contribution in [1.82, 2.24) is 0 Å². The molecule has 28 heavy (non-hydrogen) atoms. The van der Waals surface area contributed by atoms with Gasteiger partial charge < -0.3 is 14.8 Å². The van der Waals surface area contributed by atoms with Crippen molar-refractivity contribution in [3.8, 4) is 5.75 Å². The Bertz CT molecular complexity index is 910. The van der Waals surface area contributed by atoms with Gasteiger partial charge >= 0.3 is 5.97 Å². The van der Waals surface area contributed by atoms with Crippen molar-refractivity contribution in [3.05, 3.63) is 96.1 Å². The van der Waals surface area contributed by atoms with E-state index >= 15 is 0 Å². The molecule has 0 aliphatic rings. The van der Waals surface area contributed by atoms with Gasteiger partial charge in [-0.2, -0.15) is 0 Å². The Kier molecular flexibility index (Phi) is 6.79. The van der Waals surface area contributed by atoms with Crippen LogP contribution in [0.5, 0.6) is 5.75 Å². The molecule has 5 nitrogen and oxygen atoms in total. The van der Waals surface area contributed by atoms with Crippen LogP contribution in [0.25, 0.3) is 0 Å². The Morgan fingerprint density at radius 1 is 0.750 bits per heavy atom. The molecule has 0 aliphatic carbocycles. The second-order valence-corrected chi connectivity index (χ2v) is 6.13. The van der Waals surface area contributed by atoms with Gasteiger partial charge in [0.1, 0.15) is 5.75 Å². The largest absolute Gasteiger partial charge is 0.482 e. The number of benzene rings is 3. The number of anilines is 1. The van der Waals surface area contributed by atoms with Crippen LogP contribution in [-0.2, 0) is 20.7 Å². The number of hydrogen-bond acceptors (Lipinski definition) is 4. The van der Waals surface area contributed by atoms with E-state index in [1.165, 1.54) is 0 Å². The average Bonchev–Trinajstić information content (AvgIpc) is 2.74. The van der Waals surface area contributed by atoms with Crippen molar-refractivity contribution in [2.75, 3.05) is 18.5 Å². The Morgan fingerprint density at radius 3 is 2.14 bits per heavy atom. The predicted octanol–water partition coefficient (Wildman–Crippen LogP) is 3.84. The van der Waals surface area contributed by atoms with Crippen molar-refractivity contribution in [1.29, 1.82) is 0 Å². The molecule has 3 aromatic rings. The van der Waals surface area contributed by atoms with E-state index in [1.807, 2.05) is 60.7 Å². The predicted molar refractivity (Wildman–Crippen MR) is 107 cm³/mol. The quantitative estimate of drug-likeness (QED) is 0.608. The molecule has 0 fully saturated rings. The second kappa shape index (κ2) is 9.92. The summed E-state index contributed by atoms with van der Waals surface area (Å²) >= 11 is 0. The van der Waals surface area contributed by atoms with E-state index in [4.69, 9.17) is 9.47 Å². The highest BCUT2D eigenvalue weighted by Gasteiger charge is 2.11. The van der Waals surface area contributed by atoms with Crippen LogP contribution >= 0.6 is 0 Å². The summed E-state index contributed by atoms with van der Waals surface area (Å²) < 4.78 is 10.3. The van der Waals surface area contributed by atoms with Gasteiger partial charge in [0, 0.05) is 5.69 Å². The number of para-hydroxylation sites is 2. The minimum Gasteiger partial charge on any atom is -0.482 e. The summed E-state index contributed by atoms with van der Waals surface area (Å²) in [5, 5.41) is 2.80. The van der Waals surface area contributed by atoms with Gasteiger partial charge in [0.05, 0.1) is 0 Å². The first-order valence-electron chi connectivity index (χ1n) is 8.96. The number of hydrogen-bond donors (Lipinski definition) is 1. The third-order valence-corrected chi connectivity index (χ3v) is 3.99. The third-order valence-electron chi connectivity index (χ3n) is 3.99.